The number of likely N-dealkylation sites (N-methyl/N-ethyl adjacent to an activating group) is 1. The summed E-state index contributed by atoms with van der Waals surface area (Å²) in [7, 11) is -1.83. The average molecular weight is 312 g/mol. The van der Waals surface area contributed by atoms with Gasteiger partial charge in [0.05, 0.1) is 6.61 Å². The number of aryl methyl sites for hydroxylation is 1. The normalized spacial score (nSPS) is 12.2. The highest BCUT2D eigenvalue weighted by Gasteiger charge is 2.24. The summed E-state index contributed by atoms with van der Waals surface area (Å²) in [6, 6.07) is 3.47. The number of thiophene rings is 1. The first-order valence-corrected chi connectivity index (χ1v) is 8.49. The van der Waals surface area contributed by atoms with Gasteiger partial charge in [-0.15, -0.1) is 22.9 Å². The molecule has 1 aromatic rings. The number of hydrogen-bond donors (Lipinski definition) is 0. The SMILES string of the molecule is CCN(CCOC)S(=O)(=O)c1ccc(CCCl)s1. The molecule has 0 aliphatic carbocycles. The molecule has 0 unspecified atom stereocenters. The molecule has 0 saturated carbocycles. The molecule has 0 fully saturated rings. The van der Waals surface area contributed by atoms with Gasteiger partial charge in [-0.3, -0.25) is 0 Å². The Bertz CT molecular complexity index is 459. The van der Waals surface area contributed by atoms with Crippen molar-refractivity contribution in [2.24, 2.45) is 0 Å². The Labute approximate surface area is 118 Å². The lowest BCUT2D eigenvalue weighted by Gasteiger charge is -2.18. The van der Waals surface area contributed by atoms with Gasteiger partial charge in [-0.05, 0) is 18.6 Å². The van der Waals surface area contributed by atoms with Crippen molar-refractivity contribution >= 4 is 33.0 Å². The second kappa shape index (κ2) is 7.45. The van der Waals surface area contributed by atoms with Crippen LogP contribution in [-0.4, -0.2) is 45.4 Å². The van der Waals surface area contributed by atoms with Crippen LogP contribution in [0.4, 0.5) is 0 Å². The zero-order valence-electron chi connectivity index (χ0n) is 10.6. The first-order valence-electron chi connectivity index (χ1n) is 5.70. The molecule has 0 saturated heterocycles. The molecular weight excluding hydrogens is 294 g/mol. The Morgan fingerprint density at radius 3 is 2.72 bits per heavy atom. The minimum Gasteiger partial charge on any atom is -0.383 e. The van der Waals surface area contributed by atoms with Gasteiger partial charge in [-0.2, -0.15) is 4.31 Å². The second-order valence-corrected chi connectivity index (χ2v) is 7.36. The summed E-state index contributed by atoms with van der Waals surface area (Å²) in [4.78, 5) is 0.992. The lowest BCUT2D eigenvalue weighted by molar-refractivity contribution is 0.180. The number of halogens is 1. The maximum absolute atomic E-state index is 12.3. The molecule has 0 N–H and O–H groups in total. The Balaban J connectivity index is 2.88. The standard InChI is InChI=1S/C11H18ClNO3S2/c1-3-13(8-9-16-2)18(14,15)11-5-4-10(17-11)6-7-12/h4-5H,3,6-9H2,1-2H3. The summed E-state index contributed by atoms with van der Waals surface area (Å²) >= 11 is 6.93. The number of nitrogens with zero attached hydrogens (tertiary/aromatic N) is 1. The van der Waals surface area contributed by atoms with Crippen molar-refractivity contribution in [3.05, 3.63) is 17.0 Å². The van der Waals surface area contributed by atoms with E-state index in [0.29, 0.717) is 36.2 Å². The predicted octanol–water partition coefficient (Wildman–Crippen LogP) is 2.19. The van der Waals surface area contributed by atoms with Crippen LogP contribution in [0.15, 0.2) is 16.3 Å². The lowest BCUT2D eigenvalue weighted by Crippen LogP contribution is -2.33. The van der Waals surface area contributed by atoms with Crippen LogP contribution in [0.25, 0.3) is 0 Å². The lowest BCUT2D eigenvalue weighted by atomic mass is 10.4. The molecule has 4 nitrogen and oxygen atoms in total. The molecule has 0 radical (unpaired) electrons. The van der Waals surface area contributed by atoms with Crippen molar-refractivity contribution in [3.63, 3.8) is 0 Å². The van der Waals surface area contributed by atoms with E-state index in [2.05, 4.69) is 0 Å². The monoisotopic (exact) mass is 311 g/mol. The Morgan fingerprint density at radius 2 is 2.17 bits per heavy atom. The molecule has 0 aromatic carbocycles. The number of methoxy groups -OCH3 is 1. The van der Waals surface area contributed by atoms with Crippen LogP contribution in [0.5, 0.6) is 0 Å². The molecule has 0 aliphatic rings. The van der Waals surface area contributed by atoms with Crippen LogP contribution in [0.3, 0.4) is 0 Å². The largest absolute Gasteiger partial charge is 0.383 e. The van der Waals surface area contributed by atoms with Crippen LogP contribution < -0.4 is 0 Å². The zero-order valence-corrected chi connectivity index (χ0v) is 12.9. The van der Waals surface area contributed by atoms with Crippen LogP contribution in [-0.2, 0) is 21.2 Å². The van der Waals surface area contributed by atoms with Crippen LogP contribution >= 0.6 is 22.9 Å². The molecule has 7 heteroatoms. The maximum atomic E-state index is 12.3. The van der Waals surface area contributed by atoms with Crippen molar-refractivity contribution in [1.29, 1.82) is 0 Å². The quantitative estimate of drug-likeness (QED) is 0.691. The van der Waals surface area contributed by atoms with Crippen LogP contribution in [0, 0.1) is 0 Å². The van der Waals surface area contributed by atoms with Gasteiger partial charge in [-0.25, -0.2) is 8.42 Å². The van der Waals surface area contributed by atoms with E-state index in [1.54, 1.807) is 13.2 Å². The number of rotatable bonds is 8. The minimum atomic E-state index is -3.39. The molecule has 0 atom stereocenters. The second-order valence-electron chi connectivity index (χ2n) is 3.65. The van der Waals surface area contributed by atoms with E-state index in [1.165, 1.54) is 15.6 Å². The minimum absolute atomic E-state index is 0.373. The van der Waals surface area contributed by atoms with Gasteiger partial charge in [0.1, 0.15) is 4.21 Å². The molecule has 1 rings (SSSR count). The Morgan fingerprint density at radius 1 is 1.44 bits per heavy atom. The van der Waals surface area contributed by atoms with Crippen molar-refractivity contribution in [3.8, 4) is 0 Å². The van der Waals surface area contributed by atoms with Gasteiger partial charge < -0.3 is 4.74 Å². The maximum Gasteiger partial charge on any atom is 0.252 e. The van der Waals surface area contributed by atoms with Crippen molar-refractivity contribution in [2.75, 3.05) is 32.7 Å². The summed E-state index contributed by atoms with van der Waals surface area (Å²) in [6.07, 6.45) is 0.700. The molecule has 18 heavy (non-hydrogen) atoms. The van der Waals surface area contributed by atoms with Crippen molar-refractivity contribution in [2.45, 2.75) is 17.6 Å². The highest BCUT2D eigenvalue weighted by molar-refractivity contribution is 7.91. The summed E-state index contributed by atoms with van der Waals surface area (Å²) in [5.41, 5.74) is 0. The van der Waals surface area contributed by atoms with Gasteiger partial charge in [0.25, 0.3) is 10.0 Å². The van der Waals surface area contributed by atoms with E-state index in [-0.39, 0.29) is 0 Å². The molecule has 0 bridgehead atoms. The van der Waals surface area contributed by atoms with E-state index in [4.69, 9.17) is 16.3 Å². The first kappa shape index (κ1) is 15.9. The van der Waals surface area contributed by atoms with Crippen molar-refractivity contribution in [1.82, 2.24) is 4.31 Å². The van der Waals surface area contributed by atoms with E-state index in [0.717, 1.165) is 4.88 Å². The van der Waals surface area contributed by atoms with E-state index < -0.39 is 10.0 Å². The van der Waals surface area contributed by atoms with E-state index in [9.17, 15) is 8.42 Å². The van der Waals surface area contributed by atoms with Gasteiger partial charge in [0.15, 0.2) is 0 Å². The fraction of sp³-hybridized carbons (Fsp3) is 0.636. The fourth-order valence-corrected chi connectivity index (χ4v) is 4.75. The topological polar surface area (TPSA) is 46.6 Å². The molecule has 0 aliphatic heterocycles. The first-order chi connectivity index (χ1) is 8.56. The zero-order chi connectivity index (χ0) is 13.6. The predicted molar refractivity (Wildman–Crippen MR) is 75.1 cm³/mol. The van der Waals surface area contributed by atoms with Gasteiger partial charge in [0, 0.05) is 31.0 Å². The highest BCUT2D eigenvalue weighted by atomic mass is 35.5. The van der Waals surface area contributed by atoms with Gasteiger partial charge in [0.2, 0.25) is 0 Å². The van der Waals surface area contributed by atoms with Gasteiger partial charge >= 0.3 is 0 Å². The molecular formula is C11H18ClNO3S2. The molecule has 0 amide bonds. The molecule has 104 valence electrons. The summed E-state index contributed by atoms with van der Waals surface area (Å²) in [5, 5.41) is 0. The number of hydrogen-bond acceptors (Lipinski definition) is 4. The van der Waals surface area contributed by atoms with Gasteiger partial charge in [-0.1, -0.05) is 6.92 Å². The smallest absolute Gasteiger partial charge is 0.252 e. The average Bonchev–Trinajstić information content (AvgIpc) is 2.79. The van der Waals surface area contributed by atoms with Crippen LogP contribution in [0.1, 0.15) is 11.8 Å². The third kappa shape index (κ3) is 3.93. The Hall–Kier alpha value is -0.140. The van der Waals surface area contributed by atoms with Crippen LogP contribution in [0.2, 0.25) is 0 Å². The Kier molecular flexibility index (Phi) is 6.59. The third-order valence-electron chi connectivity index (χ3n) is 2.47. The molecule has 1 heterocycles. The summed E-state index contributed by atoms with van der Waals surface area (Å²) in [5.74, 6) is 0.501. The number of alkyl halides is 1. The fourth-order valence-electron chi connectivity index (χ4n) is 1.49. The van der Waals surface area contributed by atoms with Crippen molar-refractivity contribution < 1.29 is 13.2 Å². The molecule has 0 spiro atoms. The third-order valence-corrected chi connectivity index (χ3v) is 6.25. The molecule has 1 aromatic heterocycles. The number of sulfonamides is 1. The van der Waals surface area contributed by atoms with E-state index in [1.807, 2.05) is 13.0 Å². The van der Waals surface area contributed by atoms with E-state index >= 15 is 0 Å². The number of ether oxygens (including phenoxy) is 1. The summed E-state index contributed by atoms with van der Waals surface area (Å²) < 4.78 is 31.4. The summed E-state index contributed by atoms with van der Waals surface area (Å²) in [6.45, 7) is 3.03. The highest BCUT2D eigenvalue weighted by Crippen LogP contribution is 2.25.